The van der Waals surface area contributed by atoms with E-state index >= 15 is 0 Å². The Kier molecular flexibility index (Phi) is 8.49. The van der Waals surface area contributed by atoms with Crippen molar-refractivity contribution in [3.8, 4) is 12.1 Å². The van der Waals surface area contributed by atoms with Crippen molar-refractivity contribution in [2.24, 2.45) is 11.8 Å². The van der Waals surface area contributed by atoms with Crippen LogP contribution in [0.15, 0.2) is 12.2 Å². The smallest absolute Gasteiger partial charge is 0.376 e. The highest BCUT2D eigenvalue weighted by molar-refractivity contribution is 6.36. The molecule has 2 atom stereocenters. The number of Topliss-reactive ketones (excluding diaryl/α,β-unsaturated/α-hetero) is 2. The fourth-order valence-corrected chi connectivity index (χ4v) is 1.26. The number of nitriles is 2. The molecule has 0 aromatic rings. The fraction of sp³-hybridized carbons (Fsp3) is 0.429. The van der Waals surface area contributed by atoms with E-state index in [1.165, 1.54) is 26.0 Å². The standard InChI is InChI=1S/C14H14N2O6/c1-3-21-13(19)11(17)9(7-15)5-6-10(8-16)12(18)14(20)22-4-2/h5-6,9-10H,3-4H2,1-2H3/b6-5+/t9-,10+. The Morgan fingerprint density at radius 2 is 1.18 bits per heavy atom. The zero-order valence-electron chi connectivity index (χ0n) is 12.1. The highest BCUT2D eigenvalue weighted by atomic mass is 16.5. The van der Waals surface area contributed by atoms with Crippen molar-refractivity contribution in [3.63, 3.8) is 0 Å². The summed E-state index contributed by atoms with van der Waals surface area (Å²) in [6.07, 6.45) is 1.81. The number of rotatable bonds is 8. The Bertz CT molecular complexity index is 517. The van der Waals surface area contributed by atoms with Gasteiger partial charge >= 0.3 is 11.9 Å². The SMILES string of the molecule is CCOC(=O)C(=O)[C@H](C#N)/C=C/[C@H](C#N)C(=O)C(=O)OCC. The number of carbonyl (C=O) groups is 4. The van der Waals surface area contributed by atoms with Crippen LogP contribution in [0.5, 0.6) is 0 Å². The van der Waals surface area contributed by atoms with E-state index in [0.717, 1.165) is 12.2 Å². The van der Waals surface area contributed by atoms with Crippen LogP contribution in [0.25, 0.3) is 0 Å². The van der Waals surface area contributed by atoms with Crippen LogP contribution < -0.4 is 0 Å². The summed E-state index contributed by atoms with van der Waals surface area (Å²) in [6, 6.07) is 3.08. The third-order valence-electron chi connectivity index (χ3n) is 2.29. The summed E-state index contributed by atoms with van der Waals surface area (Å²) in [5, 5.41) is 17.7. The van der Waals surface area contributed by atoms with Gasteiger partial charge in [0.1, 0.15) is 11.8 Å². The third kappa shape index (κ3) is 5.55. The van der Waals surface area contributed by atoms with E-state index in [0.29, 0.717) is 0 Å². The van der Waals surface area contributed by atoms with Crippen molar-refractivity contribution in [1.29, 1.82) is 10.5 Å². The average molecular weight is 306 g/mol. The van der Waals surface area contributed by atoms with E-state index < -0.39 is 35.3 Å². The predicted molar refractivity (Wildman–Crippen MR) is 70.6 cm³/mol. The van der Waals surface area contributed by atoms with Gasteiger partial charge in [0.05, 0.1) is 25.4 Å². The van der Waals surface area contributed by atoms with Crippen molar-refractivity contribution in [2.45, 2.75) is 13.8 Å². The maximum Gasteiger partial charge on any atom is 0.376 e. The van der Waals surface area contributed by atoms with Crippen LogP contribution in [0.4, 0.5) is 0 Å². The molecule has 0 rings (SSSR count). The number of nitrogens with zero attached hydrogens (tertiary/aromatic N) is 2. The van der Waals surface area contributed by atoms with Gasteiger partial charge in [0, 0.05) is 0 Å². The van der Waals surface area contributed by atoms with Crippen LogP contribution in [0.3, 0.4) is 0 Å². The largest absolute Gasteiger partial charge is 0.460 e. The third-order valence-corrected chi connectivity index (χ3v) is 2.29. The zero-order chi connectivity index (χ0) is 17.1. The second kappa shape index (κ2) is 9.83. The highest BCUT2D eigenvalue weighted by Crippen LogP contribution is 2.07. The lowest BCUT2D eigenvalue weighted by Crippen LogP contribution is -2.26. The summed E-state index contributed by atoms with van der Waals surface area (Å²) < 4.78 is 8.92. The molecular formula is C14H14N2O6. The molecule has 0 aromatic heterocycles. The van der Waals surface area contributed by atoms with Gasteiger partial charge in [-0.05, 0) is 13.8 Å². The van der Waals surface area contributed by atoms with Crippen LogP contribution in [-0.2, 0) is 28.7 Å². The Morgan fingerprint density at radius 1 is 0.864 bits per heavy atom. The molecule has 0 aliphatic heterocycles. The maximum absolute atomic E-state index is 11.6. The first-order valence-electron chi connectivity index (χ1n) is 6.32. The maximum atomic E-state index is 11.6. The van der Waals surface area contributed by atoms with Gasteiger partial charge in [-0.3, -0.25) is 9.59 Å². The molecule has 0 heterocycles. The molecule has 0 unspecified atom stereocenters. The Labute approximate surface area is 126 Å². The molecule has 0 bridgehead atoms. The molecule has 0 saturated carbocycles. The number of carbonyl (C=O) groups excluding carboxylic acids is 4. The molecule has 22 heavy (non-hydrogen) atoms. The summed E-state index contributed by atoms with van der Waals surface area (Å²) in [5.74, 6) is -7.65. The van der Waals surface area contributed by atoms with Crippen LogP contribution in [-0.4, -0.2) is 36.7 Å². The van der Waals surface area contributed by atoms with E-state index in [2.05, 4.69) is 9.47 Å². The van der Waals surface area contributed by atoms with Crippen LogP contribution in [0.2, 0.25) is 0 Å². The second-order valence-corrected chi connectivity index (χ2v) is 3.77. The number of allylic oxidation sites excluding steroid dienone is 2. The van der Waals surface area contributed by atoms with E-state index in [1.807, 2.05) is 0 Å². The molecule has 0 radical (unpaired) electrons. The fourth-order valence-electron chi connectivity index (χ4n) is 1.26. The van der Waals surface area contributed by atoms with Gasteiger partial charge in [-0.2, -0.15) is 10.5 Å². The lowest BCUT2D eigenvalue weighted by atomic mass is 10.00. The first-order valence-corrected chi connectivity index (χ1v) is 6.32. The Hall–Kier alpha value is -3.00. The molecule has 0 fully saturated rings. The average Bonchev–Trinajstić information content (AvgIpc) is 2.51. The Morgan fingerprint density at radius 3 is 1.41 bits per heavy atom. The second-order valence-electron chi connectivity index (χ2n) is 3.77. The van der Waals surface area contributed by atoms with Crippen LogP contribution in [0, 0.1) is 34.5 Å². The van der Waals surface area contributed by atoms with E-state index in [1.54, 1.807) is 0 Å². The van der Waals surface area contributed by atoms with Crippen molar-refractivity contribution in [2.75, 3.05) is 13.2 Å². The molecular weight excluding hydrogens is 292 g/mol. The lowest BCUT2D eigenvalue weighted by molar-refractivity contribution is -0.154. The van der Waals surface area contributed by atoms with Crippen molar-refractivity contribution in [1.82, 2.24) is 0 Å². The molecule has 0 N–H and O–H groups in total. The Balaban J connectivity index is 5.03. The molecule has 8 nitrogen and oxygen atoms in total. The monoisotopic (exact) mass is 306 g/mol. The lowest BCUT2D eigenvalue weighted by Gasteiger charge is -2.05. The molecule has 116 valence electrons. The van der Waals surface area contributed by atoms with Crippen molar-refractivity contribution in [3.05, 3.63) is 12.2 Å². The van der Waals surface area contributed by atoms with Gasteiger partial charge in [-0.15, -0.1) is 0 Å². The number of hydrogen-bond acceptors (Lipinski definition) is 8. The minimum atomic E-state index is -1.51. The molecule has 0 aliphatic carbocycles. The first kappa shape index (κ1) is 19.0. The molecule has 8 heteroatoms. The van der Waals surface area contributed by atoms with Crippen LogP contribution >= 0.6 is 0 Å². The normalized spacial score (nSPS) is 12.5. The predicted octanol–water partition coefficient (Wildman–Crippen LogP) is 0.0866. The quantitative estimate of drug-likeness (QED) is 0.349. The number of hydrogen-bond donors (Lipinski definition) is 0. The van der Waals surface area contributed by atoms with Crippen molar-refractivity contribution < 1.29 is 28.7 Å². The summed E-state index contributed by atoms with van der Waals surface area (Å²) >= 11 is 0. The summed E-state index contributed by atoms with van der Waals surface area (Å²) in [7, 11) is 0. The minimum absolute atomic E-state index is 0.0331. The van der Waals surface area contributed by atoms with Gasteiger partial charge in [-0.25, -0.2) is 9.59 Å². The van der Waals surface area contributed by atoms with E-state index in [9.17, 15) is 19.2 Å². The summed E-state index contributed by atoms with van der Waals surface area (Å²) in [4.78, 5) is 45.6. The number of esters is 2. The topological polar surface area (TPSA) is 134 Å². The van der Waals surface area contributed by atoms with Gasteiger partial charge in [0.25, 0.3) is 11.6 Å². The van der Waals surface area contributed by atoms with Gasteiger partial charge < -0.3 is 9.47 Å². The zero-order valence-corrected chi connectivity index (χ0v) is 12.1. The molecule has 0 spiro atoms. The van der Waals surface area contributed by atoms with E-state index in [-0.39, 0.29) is 13.2 Å². The number of ketones is 2. The van der Waals surface area contributed by atoms with Crippen molar-refractivity contribution >= 4 is 23.5 Å². The van der Waals surface area contributed by atoms with Gasteiger partial charge in [0.15, 0.2) is 0 Å². The van der Waals surface area contributed by atoms with Gasteiger partial charge in [0.2, 0.25) is 0 Å². The summed E-state index contributed by atoms with van der Waals surface area (Å²) in [5.41, 5.74) is 0. The molecule has 0 saturated heterocycles. The van der Waals surface area contributed by atoms with E-state index in [4.69, 9.17) is 10.5 Å². The van der Waals surface area contributed by atoms with Crippen LogP contribution in [0.1, 0.15) is 13.8 Å². The van der Waals surface area contributed by atoms with Gasteiger partial charge in [-0.1, -0.05) is 12.2 Å². The molecule has 0 aromatic carbocycles. The molecule has 0 aliphatic rings. The number of ether oxygens (including phenoxy) is 2. The first-order chi connectivity index (χ1) is 10.4. The summed E-state index contributed by atoms with van der Waals surface area (Å²) in [6.45, 7) is 2.92. The minimum Gasteiger partial charge on any atom is -0.460 e. The molecule has 0 amide bonds. The highest BCUT2D eigenvalue weighted by Gasteiger charge is 2.27.